The third-order valence-corrected chi connectivity index (χ3v) is 8.91. The van der Waals surface area contributed by atoms with Crippen LogP contribution in [0.25, 0.3) is 0 Å². The Morgan fingerprint density at radius 3 is 1.48 bits per heavy atom. The third-order valence-electron chi connectivity index (χ3n) is 8.91. The van der Waals surface area contributed by atoms with Gasteiger partial charge in [-0.15, -0.1) is 0 Å². The monoisotopic (exact) mass is 563 g/mol. The van der Waals surface area contributed by atoms with Gasteiger partial charge in [0.15, 0.2) is 0 Å². The van der Waals surface area contributed by atoms with Gasteiger partial charge in [-0.25, -0.2) is 0 Å². The number of hydrogen-bond donors (Lipinski definition) is 0. The van der Waals surface area contributed by atoms with Crippen LogP contribution in [0, 0.1) is 0 Å². The van der Waals surface area contributed by atoms with Crippen LogP contribution >= 0.6 is 0 Å². The van der Waals surface area contributed by atoms with Gasteiger partial charge in [0.05, 0.1) is 0 Å². The molecule has 4 nitrogen and oxygen atoms in total. The lowest BCUT2D eigenvalue weighted by Gasteiger charge is -2.20. The van der Waals surface area contributed by atoms with E-state index in [1.807, 2.05) is 0 Å². The molecule has 2 rings (SSSR count). The highest BCUT2D eigenvalue weighted by molar-refractivity contribution is 5.76. The summed E-state index contributed by atoms with van der Waals surface area (Å²) in [5.41, 5.74) is 0. The van der Waals surface area contributed by atoms with Gasteiger partial charge in [0, 0.05) is 39.0 Å². The molecular formula is C36H70N2O2. The van der Waals surface area contributed by atoms with Crippen LogP contribution < -0.4 is 0 Å². The quantitative estimate of drug-likeness (QED) is 0.131. The summed E-state index contributed by atoms with van der Waals surface area (Å²) >= 11 is 0. The molecule has 0 unspecified atom stereocenters. The molecule has 0 radical (unpaired) electrons. The van der Waals surface area contributed by atoms with Crippen LogP contribution in [0.15, 0.2) is 0 Å². The van der Waals surface area contributed by atoms with Crippen LogP contribution in [-0.4, -0.2) is 47.8 Å². The Bertz CT molecular complexity index is 568. The lowest BCUT2D eigenvalue weighted by molar-refractivity contribution is -0.131. The van der Waals surface area contributed by atoms with Crippen LogP contribution in [0.3, 0.4) is 0 Å². The van der Waals surface area contributed by atoms with Gasteiger partial charge in [-0.05, 0) is 38.5 Å². The number of carbonyl (C=O) groups is 2. The molecule has 2 aliphatic heterocycles. The lowest BCUT2D eigenvalue weighted by Crippen LogP contribution is -2.31. The second-order valence-electron chi connectivity index (χ2n) is 12.7. The first-order valence-corrected chi connectivity index (χ1v) is 18.2. The first-order chi connectivity index (χ1) is 19.7. The van der Waals surface area contributed by atoms with Crippen molar-refractivity contribution in [2.24, 2.45) is 0 Å². The number of carbonyl (C=O) groups excluding carboxylic acids is 2. The van der Waals surface area contributed by atoms with Gasteiger partial charge in [-0.3, -0.25) is 9.59 Å². The Morgan fingerprint density at radius 1 is 0.525 bits per heavy atom. The van der Waals surface area contributed by atoms with Crippen molar-refractivity contribution in [2.75, 3.05) is 26.2 Å². The summed E-state index contributed by atoms with van der Waals surface area (Å²) in [5, 5.41) is 0. The van der Waals surface area contributed by atoms with E-state index in [-0.39, 0.29) is 0 Å². The van der Waals surface area contributed by atoms with E-state index in [1.54, 1.807) is 0 Å². The molecule has 0 aromatic rings. The highest BCUT2D eigenvalue weighted by atomic mass is 16.2. The summed E-state index contributed by atoms with van der Waals surface area (Å²) in [6.45, 7) is 8.58. The van der Waals surface area contributed by atoms with E-state index >= 15 is 0 Å². The Kier molecular flexibility index (Phi) is 25.9. The van der Waals surface area contributed by atoms with Crippen molar-refractivity contribution < 1.29 is 9.59 Å². The first-order valence-electron chi connectivity index (χ1n) is 18.2. The number of hydrogen-bond acceptors (Lipinski definition) is 2. The average Bonchev–Trinajstić information content (AvgIpc) is 3.36. The van der Waals surface area contributed by atoms with Crippen molar-refractivity contribution in [3.8, 4) is 0 Å². The molecule has 2 heterocycles. The Balaban J connectivity index is 0.000000400. The van der Waals surface area contributed by atoms with E-state index in [4.69, 9.17) is 0 Å². The maximum absolute atomic E-state index is 12.1. The molecule has 0 spiro atoms. The smallest absolute Gasteiger partial charge is 0.222 e. The van der Waals surface area contributed by atoms with E-state index in [0.717, 1.165) is 51.9 Å². The SMILES string of the molecule is CCCCCCCCCCCC(=O)N1CCCCCC1.CCCCCCCCCCCCN1CCCCCC1=O. The fraction of sp³-hybridized carbons (Fsp3) is 0.944. The van der Waals surface area contributed by atoms with Crippen molar-refractivity contribution in [1.29, 1.82) is 0 Å². The number of amides is 2. The predicted octanol–water partition coefficient (Wildman–Crippen LogP) is 10.6. The lowest BCUT2D eigenvalue weighted by atomic mass is 10.1. The minimum atomic E-state index is 0.401. The molecule has 0 saturated carbocycles. The number of likely N-dealkylation sites (tertiary alicyclic amines) is 2. The summed E-state index contributed by atoms with van der Waals surface area (Å²) in [7, 11) is 0. The number of rotatable bonds is 21. The Hall–Kier alpha value is -1.06. The van der Waals surface area contributed by atoms with Gasteiger partial charge in [0.25, 0.3) is 0 Å². The fourth-order valence-electron chi connectivity index (χ4n) is 6.13. The van der Waals surface area contributed by atoms with Crippen LogP contribution in [0.4, 0.5) is 0 Å². The second kappa shape index (κ2) is 28.1. The average molecular weight is 563 g/mol. The topological polar surface area (TPSA) is 40.6 Å². The Labute approximate surface area is 250 Å². The summed E-state index contributed by atoms with van der Waals surface area (Å²) in [5.74, 6) is 0.813. The van der Waals surface area contributed by atoms with Gasteiger partial charge in [-0.2, -0.15) is 0 Å². The van der Waals surface area contributed by atoms with E-state index < -0.39 is 0 Å². The van der Waals surface area contributed by atoms with Crippen LogP contribution in [0.1, 0.15) is 194 Å². The number of nitrogens with zero attached hydrogens (tertiary/aromatic N) is 2. The molecule has 0 aromatic carbocycles. The van der Waals surface area contributed by atoms with Crippen molar-refractivity contribution in [3.63, 3.8) is 0 Å². The second-order valence-corrected chi connectivity index (χ2v) is 12.7. The zero-order valence-electron chi connectivity index (χ0n) is 27.3. The highest BCUT2D eigenvalue weighted by Gasteiger charge is 2.16. The minimum absolute atomic E-state index is 0.401. The van der Waals surface area contributed by atoms with Gasteiger partial charge in [0.1, 0.15) is 0 Å². The molecule has 2 saturated heterocycles. The fourth-order valence-corrected chi connectivity index (χ4v) is 6.13. The zero-order chi connectivity index (χ0) is 28.9. The van der Waals surface area contributed by atoms with Crippen molar-refractivity contribution in [1.82, 2.24) is 9.80 Å². The minimum Gasteiger partial charge on any atom is -0.343 e. The van der Waals surface area contributed by atoms with Crippen LogP contribution in [-0.2, 0) is 9.59 Å². The predicted molar refractivity (Wildman–Crippen MR) is 174 cm³/mol. The molecule has 0 aliphatic carbocycles. The van der Waals surface area contributed by atoms with E-state index in [9.17, 15) is 9.59 Å². The van der Waals surface area contributed by atoms with E-state index in [2.05, 4.69) is 23.6 Å². The van der Waals surface area contributed by atoms with Crippen LogP contribution in [0.2, 0.25) is 0 Å². The molecule has 4 heteroatoms. The molecule has 0 aromatic heterocycles. The van der Waals surface area contributed by atoms with Gasteiger partial charge in [0.2, 0.25) is 11.8 Å². The maximum Gasteiger partial charge on any atom is 0.222 e. The molecule has 0 atom stereocenters. The molecule has 2 aliphatic rings. The normalized spacial score (nSPS) is 16.3. The van der Waals surface area contributed by atoms with E-state index in [1.165, 1.54) is 154 Å². The summed E-state index contributed by atoms with van der Waals surface area (Å²) in [6.07, 6.45) is 35.8. The maximum atomic E-state index is 12.1. The third kappa shape index (κ3) is 21.7. The summed E-state index contributed by atoms with van der Waals surface area (Å²) in [6, 6.07) is 0. The van der Waals surface area contributed by atoms with E-state index in [0.29, 0.717) is 11.8 Å². The summed E-state index contributed by atoms with van der Waals surface area (Å²) in [4.78, 5) is 28.1. The standard InChI is InChI=1S/2C18H35NO/c1-2-3-4-5-6-7-8-9-12-15-18(20)19-16-13-10-11-14-17-19;1-2-3-4-5-6-7-8-9-10-13-16-19-17-14-11-12-15-18(19)20/h2*2-17H2,1H3. The zero-order valence-corrected chi connectivity index (χ0v) is 27.3. The molecule has 40 heavy (non-hydrogen) atoms. The molecule has 0 N–H and O–H groups in total. The van der Waals surface area contributed by atoms with Gasteiger partial charge < -0.3 is 9.80 Å². The van der Waals surface area contributed by atoms with Gasteiger partial charge >= 0.3 is 0 Å². The Morgan fingerprint density at radius 2 is 0.950 bits per heavy atom. The highest BCUT2D eigenvalue weighted by Crippen LogP contribution is 2.15. The molecule has 2 amide bonds. The van der Waals surface area contributed by atoms with Crippen molar-refractivity contribution >= 4 is 11.8 Å². The molecule has 2 fully saturated rings. The van der Waals surface area contributed by atoms with Crippen molar-refractivity contribution in [2.45, 2.75) is 194 Å². The van der Waals surface area contributed by atoms with Crippen LogP contribution in [0.5, 0.6) is 0 Å². The van der Waals surface area contributed by atoms with Gasteiger partial charge in [-0.1, -0.05) is 142 Å². The largest absolute Gasteiger partial charge is 0.343 e. The number of unbranched alkanes of at least 4 members (excludes halogenated alkanes) is 17. The molecular weight excluding hydrogens is 492 g/mol. The molecule has 236 valence electrons. The molecule has 0 bridgehead atoms. The summed E-state index contributed by atoms with van der Waals surface area (Å²) < 4.78 is 0. The van der Waals surface area contributed by atoms with Crippen molar-refractivity contribution in [3.05, 3.63) is 0 Å². The first kappa shape index (κ1) is 37.0.